The normalized spacial score (nSPS) is 18.5. The molecule has 0 spiro atoms. The third-order valence-electron chi connectivity index (χ3n) is 3.89. The molecule has 1 heterocycles. The molecule has 2 rings (SSSR count). The van der Waals surface area contributed by atoms with Crippen LogP contribution in [0.25, 0.3) is 0 Å². The molecule has 1 aromatic rings. The Morgan fingerprint density at radius 3 is 2.55 bits per heavy atom. The Bertz CT molecular complexity index is 456. The van der Waals surface area contributed by atoms with Crippen molar-refractivity contribution < 1.29 is 4.39 Å². The van der Waals surface area contributed by atoms with Crippen molar-refractivity contribution in [1.29, 1.82) is 0 Å². The zero-order chi connectivity index (χ0) is 14.7. The number of rotatable bonds is 4. The van der Waals surface area contributed by atoms with Crippen molar-refractivity contribution in [2.45, 2.75) is 33.2 Å². The van der Waals surface area contributed by atoms with Crippen LogP contribution in [0.3, 0.4) is 0 Å². The molecule has 0 radical (unpaired) electrons. The fraction of sp³-hybridized carbons (Fsp3) is 0.625. The number of nitrogens with one attached hydrogen (secondary N) is 1. The molecule has 1 atom stereocenters. The van der Waals surface area contributed by atoms with E-state index in [-0.39, 0.29) is 11.9 Å². The molecule has 1 aromatic carbocycles. The van der Waals surface area contributed by atoms with Gasteiger partial charge in [-0.15, -0.1) is 0 Å². The van der Waals surface area contributed by atoms with Crippen molar-refractivity contribution in [2.75, 3.05) is 26.2 Å². The number of benzene rings is 1. The highest BCUT2D eigenvalue weighted by molar-refractivity contribution is 9.10. The monoisotopic (exact) mass is 342 g/mol. The Morgan fingerprint density at radius 2 is 1.95 bits per heavy atom. The fourth-order valence-electron chi connectivity index (χ4n) is 2.91. The maximum Gasteiger partial charge on any atom is 0.130 e. The molecule has 2 nitrogen and oxygen atoms in total. The summed E-state index contributed by atoms with van der Waals surface area (Å²) in [5, 5.41) is 3.37. The van der Waals surface area contributed by atoms with Crippen molar-refractivity contribution in [1.82, 2.24) is 10.2 Å². The Labute approximate surface area is 129 Å². The van der Waals surface area contributed by atoms with Crippen molar-refractivity contribution in [3.63, 3.8) is 0 Å². The van der Waals surface area contributed by atoms with Crippen LogP contribution in [0.5, 0.6) is 0 Å². The minimum absolute atomic E-state index is 0.0441. The van der Waals surface area contributed by atoms with E-state index in [0.717, 1.165) is 48.2 Å². The van der Waals surface area contributed by atoms with Crippen LogP contribution in [0, 0.1) is 18.7 Å². The Balaban J connectivity index is 2.34. The molecule has 1 fully saturated rings. The lowest BCUT2D eigenvalue weighted by atomic mass is 9.93. The van der Waals surface area contributed by atoms with E-state index in [1.54, 1.807) is 0 Å². The quantitative estimate of drug-likeness (QED) is 0.892. The third kappa shape index (κ3) is 3.80. The summed E-state index contributed by atoms with van der Waals surface area (Å²) in [6.45, 7) is 10.2. The molecule has 112 valence electrons. The van der Waals surface area contributed by atoms with E-state index >= 15 is 0 Å². The standard InChI is InChI=1S/C16H24BrFN2/c1-11(2)8-15(20-6-4-19-5-7-20)14-10-13(17)9-12(3)16(14)18/h9-11,15,19H,4-8H2,1-3H3/t15-/m0/s1. The Morgan fingerprint density at radius 1 is 1.30 bits per heavy atom. The molecule has 4 heteroatoms. The van der Waals surface area contributed by atoms with Gasteiger partial charge < -0.3 is 5.32 Å². The van der Waals surface area contributed by atoms with E-state index in [0.29, 0.717) is 5.92 Å². The first-order valence-corrected chi connectivity index (χ1v) is 8.18. The molecule has 0 aliphatic carbocycles. The van der Waals surface area contributed by atoms with Gasteiger partial charge in [-0.1, -0.05) is 29.8 Å². The van der Waals surface area contributed by atoms with Crippen molar-refractivity contribution in [3.05, 3.63) is 33.5 Å². The van der Waals surface area contributed by atoms with Crippen molar-refractivity contribution >= 4 is 15.9 Å². The van der Waals surface area contributed by atoms with E-state index in [4.69, 9.17) is 0 Å². The average Bonchev–Trinajstić information content (AvgIpc) is 2.41. The first-order chi connectivity index (χ1) is 9.49. The van der Waals surface area contributed by atoms with Crippen LogP contribution < -0.4 is 5.32 Å². The molecule has 1 N–H and O–H groups in total. The highest BCUT2D eigenvalue weighted by atomic mass is 79.9. The summed E-state index contributed by atoms with van der Waals surface area (Å²) in [6.07, 6.45) is 0.993. The summed E-state index contributed by atoms with van der Waals surface area (Å²) >= 11 is 3.51. The third-order valence-corrected chi connectivity index (χ3v) is 4.35. The number of piperazine rings is 1. The lowest BCUT2D eigenvalue weighted by Gasteiger charge is -2.36. The van der Waals surface area contributed by atoms with E-state index < -0.39 is 0 Å². The largest absolute Gasteiger partial charge is 0.314 e. The highest BCUT2D eigenvalue weighted by Gasteiger charge is 2.26. The van der Waals surface area contributed by atoms with Crippen LogP contribution in [-0.4, -0.2) is 31.1 Å². The number of hydrogen-bond acceptors (Lipinski definition) is 2. The van der Waals surface area contributed by atoms with Crippen LogP contribution in [0.15, 0.2) is 16.6 Å². The molecule has 0 amide bonds. The van der Waals surface area contributed by atoms with Crippen LogP contribution in [0.4, 0.5) is 4.39 Å². The number of halogens is 2. The summed E-state index contributed by atoms with van der Waals surface area (Å²) in [5.74, 6) is 0.506. The van der Waals surface area contributed by atoms with Crippen molar-refractivity contribution in [3.8, 4) is 0 Å². The molecular weight excluding hydrogens is 319 g/mol. The van der Waals surface area contributed by atoms with E-state index in [1.165, 1.54) is 0 Å². The van der Waals surface area contributed by atoms with Gasteiger partial charge in [0.05, 0.1) is 0 Å². The predicted molar refractivity (Wildman–Crippen MR) is 85.5 cm³/mol. The molecule has 20 heavy (non-hydrogen) atoms. The first kappa shape index (κ1) is 15.9. The van der Waals surface area contributed by atoms with E-state index in [2.05, 4.69) is 40.0 Å². The van der Waals surface area contributed by atoms with Gasteiger partial charge in [-0.2, -0.15) is 0 Å². The van der Waals surface area contributed by atoms with Gasteiger partial charge in [0.15, 0.2) is 0 Å². The lowest BCUT2D eigenvalue weighted by Crippen LogP contribution is -2.45. The van der Waals surface area contributed by atoms with Gasteiger partial charge in [0, 0.05) is 42.3 Å². The minimum Gasteiger partial charge on any atom is -0.314 e. The van der Waals surface area contributed by atoms with Gasteiger partial charge in [0.25, 0.3) is 0 Å². The zero-order valence-electron chi connectivity index (χ0n) is 12.5. The summed E-state index contributed by atoms with van der Waals surface area (Å²) in [7, 11) is 0. The van der Waals surface area contributed by atoms with Crippen molar-refractivity contribution in [2.24, 2.45) is 5.92 Å². The van der Waals surface area contributed by atoms with Gasteiger partial charge in [-0.05, 0) is 37.0 Å². The molecule has 0 unspecified atom stereocenters. The van der Waals surface area contributed by atoms with E-state index in [9.17, 15) is 4.39 Å². The lowest BCUT2D eigenvalue weighted by molar-refractivity contribution is 0.151. The van der Waals surface area contributed by atoms with Crippen LogP contribution in [-0.2, 0) is 0 Å². The van der Waals surface area contributed by atoms with E-state index in [1.807, 2.05) is 19.1 Å². The molecular formula is C16H24BrFN2. The smallest absolute Gasteiger partial charge is 0.130 e. The topological polar surface area (TPSA) is 15.3 Å². The highest BCUT2D eigenvalue weighted by Crippen LogP contribution is 2.33. The Hall–Kier alpha value is -0.450. The predicted octanol–water partition coefficient (Wildman–Crippen LogP) is 3.89. The summed E-state index contributed by atoms with van der Waals surface area (Å²) in [5.41, 5.74) is 1.56. The zero-order valence-corrected chi connectivity index (χ0v) is 14.1. The number of aryl methyl sites for hydroxylation is 1. The number of nitrogens with zero attached hydrogens (tertiary/aromatic N) is 1. The second kappa shape index (κ2) is 7.01. The number of hydrogen-bond donors (Lipinski definition) is 1. The molecule has 1 aliphatic rings. The van der Waals surface area contributed by atoms with Crippen LogP contribution >= 0.6 is 15.9 Å². The molecule has 0 saturated carbocycles. The van der Waals surface area contributed by atoms with Gasteiger partial charge in [-0.25, -0.2) is 4.39 Å². The molecule has 1 saturated heterocycles. The maximum atomic E-state index is 14.6. The first-order valence-electron chi connectivity index (χ1n) is 7.39. The van der Waals surface area contributed by atoms with Gasteiger partial charge >= 0.3 is 0 Å². The summed E-state index contributed by atoms with van der Waals surface area (Å²) in [6, 6.07) is 3.98. The fourth-order valence-corrected chi connectivity index (χ4v) is 3.50. The molecule has 0 bridgehead atoms. The summed E-state index contributed by atoms with van der Waals surface area (Å²) in [4.78, 5) is 2.42. The van der Waals surface area contributed by atoms with Crippen LogP contribution in [0.1, 0.15) is 37.4 Å². The average molecular weight is 343 g/mol. The van der Waals surface area contributed by atoms with Gasteiger partial charge in [-0.3, -0.25) is 4.90 Å². The van der Waals surface area contributed by atoms with Gasteiger partial charge in [0.2, 0.25) is 0 Å². The second-order valence-electron chi connectivity index (χ2n) is 6.06. The second-order valence-corrected chi connectivity index (χ2v) is 6.97. The maximum absolute atomic E-state index is 14.6. The minimum atomic E-state index is -0.0441. The molecule has 1 aliphatic heterocycles. The SMILES string of the molecule is Cc1cc(Br)cc([C@H](CC(C)C)N2CCNCC2)c1F. The Kier molecular flexibility index (Phi) is 5.58. The van der Waals surface area contributed by atoms with Crippen LogP contribution in [0.2, 0.25) is 0 Å². The van der Waals surface area contributed by atoms with Gasteiger partial charge in [0.1, 0.15) is 5.82 Å². The molecule has 0 aromatic heterocycles. The summed E-state index contributed by atoms with van der Waals surface area (Å²) < 4.78 is 15.5.